The van der Waals surface area contributed by atoms with E-state index in [0.717, 1.165) is 11.4 Å². The Labute approximate surface area is 77.5 Å². The molecule has 0 spiro atoms. The third-order valence-corrected chi connectivity index (χ3v) is 1.77. The molecular formula is C9H14N2O2. The average Bonchev–Trinajstić information content (AvgIpc) is 2.17. The van der Waals surface area contributed by atoms with Gasteiger partial charge in [0.05, 0.1) is 12.8 Å². The second-order valence-electron chi connectivity index (χ2n) is 2.74. The lowest BCUT2D eigenvalue weighted by Gasteiger charge is -2.21. The molecule has 72 valence electrons. The van der Waals surface area contributed by atoms with Crippen LogP contribution < -0.4 is 15.6 Å². The SMILES string of the molecule is COc1ccc(N(N)C(C)O)cc1. The van der Waals surface area contributed by atoms with Crippen molar-refractivity contribution in [1.29, 1.82) is 0 Å². The number of hydrogen-bond donors (Lipinski definition) is 2. The molecule has 4 nitrogen and oxygen atoms in total. The van der Waals surface area contributed by atoms with Crippen LogP contribution in [0.1, 0.15) is 6.92 Å². The number of aliphatic hydroxyl groups excluding tert-OH is 1. The molecule has 1 aromatic rings. The minimum atomic E-state index is -0.701. The van der Waals surface area contributed by atoms with Gasteiger partial charge in [-0.3, -0.25) is 5.01 Å². The zero-order chi connectivity index (χ0) is 9.84. The van der Waals surface area contributed by atoms with E-state index in [1.807, 2.05) is 0 Å². The lowest BCUT2D eigenvalue weighted by Crippen LogP contribution is -2.39. The van der Waals surface area contributed by atoms with E-state index in [9.17, 15) is 5.11 Å². The van der Waals surface area contributed by atoms with E-state index < -0.39 is 6.23 Å². The molecule has 4 heteroatoms. The van der Waals surface area contributed by atoms with Gasteiger partial charge in [-0.15, -0.1) is 0 Å². The minimum absolute atomic E-state index is 0.701. The first kappa shape index (κ1) is 9.83. The van der Waals surface area contributed by atoms with Crippen molar-refractivity contribution < 1.29 is 9.84 Å². The highest BCUT2D eigenvalue weighted by molar-refractivity contribution is 5.47. The van der Waals surface area contributed by atoms with Crippen LogP contribution >= 0.6 is 0 Å². The Hall–Kier alpha value is -1.26. The number of ether oxygens (including phenoxy) is 1. The largest absolute Gasteiger partial charge is 0.497 e. The van der Waals surface area contributed by atoms with Gasteiger partial charge >= 0.3 is 0 Å². The van der Waals surface area contributed by atoms with Gasteiger partial charge in [0.15, 0.2) is 0 Å². The van der Waals surface area contributed by atoms with Crippen LogP contribution in [0, 0.1) is 0 Å². The van der Waals surface area contributed by atoms with Crippen molar-refractivity contribution in [3.63, 3.8) is 0 Å². The van der Waals surface area contributed by atoms with Crippen LogP contribution in [0.2, 0.25) is 0 Å². The van der Waals surface area contributed by atoms with Crippen molar-refractivity contribution in [3.8, 4) is 5.75 Å². The molecule has 0 aliphatic rings. The van der Waals surface area contributed by atoms with Gasteiger partial charge in [-0.25, -0.2) is 5.84 Å². The average molecular weight is 182 g/mol. The summed E-state index contributed by atoms with van der Waals surface area (Å²) in [5.74, 6) is 6.34. The molecule has 0 saturated heterocycles. The zero-order valence-corrected chi connectivity index (χ0v) is 7.77. The van der Waals surface area contributed by atoms with Gasteiger partial charge in [-0.2, -0.15) is 0 Å². The Morgan fingerprint density at radius 3 is 2.31 bits per heavy atom. The van der Waals surface area contributed by atoms with E-state index in [1.165, 1.54) is 5.01 Å². The highest BCUT2D eigenvalue weighted by atomic mass is 16.5. The van der Waals surface area contributed by atoms with Crippen LogP contribution in [-0.4, -0.2) is 18.4 Å². The Morgan fingerprint density at radius 2 is 1.92 bits per heavy atom. The molecule has 1 unspecified atom stereocenters. The number of nitrogens with two attached hydrogens (primary N) is 1. The summed E-state index contributed by atoms with van der Waals surface area (Å²) in [6, 6.07) is 7.15. The summed E-state index contributed by atoms with van der Waals surface area (Å²) in [6.45, 7) is 1.60. The molecule has 0 saturated carbocycles. The Morgan fingerprint density at radius 1 is 1.38 bits per heavy atom. The van der Waals surface area contributed by atoms with E-state index >= 15 is 0 Å². The summed E-state index contributed by atoms with van der Waals surface area (Å²) in [4.78, 5) is 0. The maximum absolute atomic E-state index is 9.17. The first-order valence-corrected chi connectivity index (χ1v) is 4.01. The third-order valence-electron chi connectivity index (χ3n) is 1.77. The number of nitrogens with zero attached hydrogens (tertiary/aromatic N) is 1. The fraction of sp³-hybridized carbons (Fsp3) is 0.333. The van der Waals surface area contributed by atoms with E-state index in [1.54, 1.807) is 38.3 Å². The summed E-state index contributed by atoms with van der Waals surface area (Å²) in [5, 5.41) is 10.4. The van der Waals surface area contributed by atoms with Crippen LogP contribution in [0.5, 0.6) is 5.75 Å². The lowest BCUT2D eigenvalue weighted by atomic mass is 10.3. The lowest BCUT2D eigenvalue weighted by molar-refractivity contribution is 0.189. The van der Waals surface area contributed by atoms with Crippen LogP contribution in [0.4, 0.5) is 5.69 Å². The maximum atomic E-state index is 9.17. The van der Waals surface area contributed by atoms with E-state index in [-0.39, 0.29) is 0 Å². The molecule has 0 amide bonds. The van der Waals surface area contributed by atoms with Crippen LogP contribution in [0.25, 0.3) is 0 Å². The van der Waals surface area contributed by atoms with E-state index in [4.69, 9.17) is 10.6 Å². The maximum Gasteiger partial charge on any atom is 0.138 e. The van der Waals surface area contributed by atoms with Crippen molar-refractivity contribution in [2.45, 2.75) is 13.2 Å². The van der Waals surface area contributed by atoms with Crippen molar-refractivity contribution in [2.75, 3.05) is 12.1 Å². The third kappa shape index (κ3) is 2.34. The molecule has 0 heterocycles. The number of rotatable bonds is 3. The molecule has 0 aliphatic heterocycles. The summed E-state index contributed by atoms with van der Waals surface area (Å²) in [5.41, 5.74) is 0.746. The summed E-state index contributed by atoms with van der Waals surface area (Å²) < 4.78 is 4.99. The summed E-state index contributed by atoms with van der Waals surface area (Å²) >= 11 is 0. The predicted molar refractivity (Wildman–Crippen MR) is 51.3 cm³/mol. The molecule has 0 aliphatic carbocycles. The molecule has 1 atom stereocenters. The van der Waals surface area contributed by atoms with Crippen LogP contribution in [0.15, 0.2) is 24.3 Å². The minimum Gasteiger partial charge on any atom is -0.497 e. The van der Waals surface area contributed by atoms with E-state index in [2.05, 4.69) is 0 Å². The second kappa shape index (κ2) is 4.11. The first-order valence-electron chi connectivity index (χ1n) is 4.01. The monoisotopic (exact) mass is 182 g/mol. The standard InChI is InChI=1S/C9H14N2O2/c1-7(12)11(10)8-3-5-9(13-2)6-4-8/h3-7,12H,10H2,1-2H3. The van der Waals surface area contributed by atoms with Crippen molar-refractivity contribution in [2.24, 2.45) is 5.84 Å². The second-order valence-corrected chi connectivity index (χ2v) is 2.74. The Kier molecular flexibility index (Phi) is 3.11. The predicted octanol–water partition coefficient (Wildman–Crippen LogP) is 0.714. The number of methoxy groups -OCH3 is 1. The molecule has 0 aromatic heterocycles. The van der Waals surface area contributed by atoms with Crippen molar-refractivity contribution in [3.05, 3.63) is 24.3 Å². The van der Waals surface area contributed by atoms with Gasteiger partial charge < -0.3 is 9.84 Å². The van der Waals surface area contributed by atoms with Gasteiger partial charge in [-0.05, 0) is 31.2 Å². The van der Waals surface area contributed by atoms with Crippen molar-refractivity contribution in [1.82, 2.24) is 0 Å². The summed E-state index contributed by atoms with van der Waals surface area (Å²) in [7, 11) is 1.60. The number of hydrazine groups is 1. The van der Waals surface area contributed by atoms with Crippen LogP contribution in [0.3, 0.4) is 0 Å². The van der Waals surface area contributed by atoms with E-state index in [0.29, 0.717) is 0 Å². The summed E-state index contributed by atoms with van der Waals surface area (Å²) in [6.07, 6.45) is -0.701. The number of anilines is 1. The molecular weight excluding hydrogens is 168 g/mol. The van der Waals surface area contributed by atoms with Crippen LogP contribution in [-0.2, 0) is 0 Å². The fourth-order valence-corrected chi connectivity index (χ4v) is 0.970. The Bertz CT molecular complexity index is 259. The molecule has 13 heavy (non-hydrogen) atoms. The normalized spacial score (nSPS) is 12.3. The number of aliphatic hydroxyl groups is 1. The molecule has 0 bridgehead atoms. The smallest absolute Gasteiger partial charge is 0.138 e. The Balaban J connectivity index is 2.79. The fourth-order valence-electron chi connectivity index (χ4n) is 0.970. The quantitative estimate of drug-likeness (QED) is 0.410. The number of benzene rings is 1. The number of hydrogen-bond acceptors (Lipinski definition) is 4. The molecule has 0 radical (unpaired) electrons. The molecule has 1 rings (SSSR count). The molecule has 1 aromatic carbocycles. The van der Waals surface area contributed by atoms with Gasteiger partial charge in [0.25, 0.3) is 0 Å². The highest BCUT2D eigenvalue weighted by Crippen LogP contribution is 2.17. The van der Waals surface area contributed by atoms with Gasteiger partial charge in [0.1, 0.15) is 12.0 Å². The molecule has 3 N–H and O–H groups in total. The van der Waals surface area contributed by atoms with Gasteiger partial charge in [-0.1, -0.05) is 0 Å². The van der Waals surface area contributed by atoms with Crippen molar-refractivity contribution >= 4 is 5.69 Å². The molecule has 0 fully saturated rings. The highest BCUT2D eigenvalue weighted by Gasteiger charge is 2.05. The van der Waals surface area contributed by atoms with Gasteiger partial charge in [0.2, 0.25) is 0 Å². The zero-order valence-electron chi connectivity index (χ0n) is 7.77. The first-order chi connectivity index (χ1) is 6.15. The van der Waals surface area contributed by atoms with Gasteiger partial charge in [0, 0.05) is 0 Å². The topological polar surface area (TPSA) is 58.7 Å².